The number of nitriles is 1. The Hall–Kier alpha value is -0.630. The van der Waals surface area contributed by atoms with E-state index in [1.807, 2.05) is 6.92 Å². The quantitative estimate of drug-likeness (QED) is 0.364. The van der Waals surface area contributed by atoms with Crippen LogP contribution in [0.5, 0.6) is 0 Å². The third-order valence-corrected chi connectivity index (χ3v) is 1.56. The minimum atomic E-state index is 0.0998. The van der Waals surface area contributed by atoms with Gasteiger partial charge in [-0.3, -0.25) is 0 Å². The molecule has 1 atom stereocenters. The molecular formula is C8H18N4. The summed E-state index contributed by atoms with van der Waals surface area (Å²) >= 11 is 0. The first-order valence-electron chi connectivity index (χ1n) is 4.38. The van der Waals surface area contributed by atoms with Crippen molar-refractivity contribution in [3.8, 4) is 6.07 Å². The number of hydrogen-bond acceptors (Lipinski definition) is 4. The van der Waals surface area contributed by atoms with Crippen LogP contribution < -0.4 is 16.4 Å². The number of nitrogens with zero attached hydrogens (tertiary/aromatic N) is 1. The van der Waals surface area contributed by atoms with Crippen LogP contribution in [0.3, 0.4) is 0 Å². The monoisotopic (exact) mass is 170 g/mol. The SMILES string of the molecule is CCC(N)NCCNCCC#N. The van der Waals surface area contributed by atoms with Crippen molar-refractivity contribution in [3.05, 3.63) is 0 Å². The minimum Gasteiger partial charge on any atom is -0.316 e. The smallest absolute Gasteiger partial charge is 0.0635 e. The molecule has 12 heavy (non-hydrogen) atoms. The lowest BCUT2D eigenvalue weighted by Gasteiger charge is -2.10. The zero-order chi connectivity index (χ0) is 9.23. The predicted molar refractivity (Wildman–Crippen MR) is 49.4 cm³/mol. The van der Waals surface area contributed by atoms with Gasteiger partial charge in [0.25, 0.3) is 0 Å². The molecule has 0 fully saturated rings. The van der Waals surface area contributed by atoms with E-state index >= 15 is 0 Å². The first kappa shape index (κ1) is 11.4. The van der Waals surface area contributed by atoms with Gasteiger partial charge in [0.1, 0.15) is 0 Å². The largest absolute Gasteiger partial charge is 0.316 e. The Morgan fingerprint density at radius 1 is 1.42 bits per heavy atom. The van der Waals surface area contributed by atoms with Crippen molar-refractivity contribution in [2.45, 2.75) is 25.9 Å². The topological polar surface area (TPSA) is 73.9 Å². The van der Waals surface area contributed by atoms with Gasteiger partial charge in [0.2, 0.25) is 0 Å². The van der Waals surface area contributed by atoms with E-state index in [1.54, 1.807) is 0 Å². The Kier molecular flexibility index (Phi) is 8.02. The maximum atomic E-state index is 8.22. The number of nitrogens with one attached hydrogen (secondary N) is 2. The summed E-state index contributed by atoms with van der Waals surface area (Å²) in [4.78, 5) is 0. The van der Waals surface area contributed by atoms with Crippen molar-refractivity contribution in [2.75, 3.05) is 19.6 Å². The summed E-state index contributed by atoms with van der Waals surface area (Å²) < 4.78 is 0. The van der Waals surface area contributed by atoms with E-state index < -0.39 is 0 Å². The van der Waals surface area contributed by atoms with E-state index in [0.29, 0.717) is 6.42 Å². The second-order valence-corrected chi connectivity index (χ2v) is 2.63. The molecule has 0 saturated carbocycles. The van der Waals surface area contributed by atoms with Gasteiger partial charge in [-0.2, -0.15) is 5.26 Å². The van der Waals surface area contributed by atoms with Crippen LogP contribution in [-0.4, -0.2) is 25.8 Å². The van der Waals surface area contributed by atoms with Crippen molar-refractivity contribution in [3.63, 3.8) is 0 Å². The van der Waals surface area contributed by atoms with Crippen LogP contribution in [0.2, 0.25) is 0 Å². The van der Waals surface area contributed by atoms with Crippen molar-refractivity contribution >= 4 is 0 Å². The van der Waals surface area contributed by atoms with Gasteiger partial charge in [-0.1, -0.05) is 6.92 Å². The summed E-state index contributed by atoms with van der Waals surface area (Å²) in [5.41, 5.74) is 5.62. The lowest BCUT2D eigenvalue weighted by molar-refractivity contribution is 0.502. The average Bonchev–Trinajstić information content (AvgIpc) is 2.10. The van der Waals surface area contributed by atoms with Gasteiger partial charge in [0.05, 0.1) is 12.2 Å². The van der Waals surface area contributed by atoms with Crippen molar-refractivity contribution in [1.82, 2.24) is 10.6 Å². The molecule has 4 N–H and O–H groups in total. The first-order valence-corrected chi connectivity index (χ1v) is 4.38. The molecule has 0 aliphatic carbocycles. The van der Waals surface area contributed by atoms with Crippen LogP contribution in [0, 0.1) is 11.3 Å². The summed E-state index contributed by atoms with van der Waals surface area (Å²) in [5, 5.41) is 14.5. The number of rotatable bonds is 7. The Bertz CT molecular complexity index is 130. The molecule has 0 bridgehead atoms. The fourth-order valence-electron chi connectivity index (χ4n) is 0.760. The molecule has 1 unspecified atom stereocenters. The molecule has 0 amide bonds. The highest BCUT2D eigenvalue weighted by atomic mass is 15.0. The zero-order valence-corrected chi connectivity index (χ0v) is 7.64. The number of hydrogen-bond donors (Lipinski definition) is 3. The fourth-order valence-corrected chi connectivity index (χ4v) is 0.760. The van der Waals surface area contributed by atoms with Crippen LogP contribution in [0.15, 0.2) is 0 Å². The molecule has 4 nitrogen and oxygen atoms in total. The highest BCUT2D eigenvalue weighted by molar-refractivity contribution is 4.70. The maximum absolute atomic E-state index is 8.22. The third-order valence-electron chi connectivity index (χ3n) is 1.56. The van der Waals surface area contributed by atoms with Crippen molar-refractivity contribution in [1.29, 1.82) is 5.26 Å². The molecule has 0 rings (SSSR count). The molecule has 0 heterocycles. The second kappa shape index (κ2) is 8.47. The fraction of sp³-hybridized carbons (Fsp3) is 0.875. The van der Waals surface area contributed by atoms with Crippen LogP contribution in [-0.2, 0) is 0 Å². The zero-order valence-electron chi connectivity index (χ0n) is 7.64. The highest BCUT2D eigenvalue weighted by Crippen LogP contribution is 1.77. The Morgan fingerprint density at radius 3 is 2.75 bits per heavy atom. The van der Waals surface area contributed by atoms with Gasteiger partial charge in [-0.05, 0) is 6.42 Å². The van der Waals surface area contributed by atoms with Crippen LogP contribution in [0.1, 0.15) is 19.8 Å². The van der Waals surface area contributed by atoms with Gasteiger partial charge in [-0.15, -0.1) is 0 Å². The van der Waals surface area contributed by atoms with Crippen molar-refractivity contribution in [2.24, 2.45) is 5.73 Å². The van der Waals surface area contributed by atoms with E-state index in [2.05, 4.69) is 16.7 Å². The van der Waals surface area contributed by atoms with Crippen LogP contribution in [0.4, 0.5) is 0 Å². The Balaban J connectivity index is 2.96. The first-order chi connectivity index (χ1) is 5.81. The van der Waals surface area contributed by atoms with Gasteiger partial charge in [0, 0.05) is 26.1 Å². The lowest BCUT2D eigenvalue weighted by Crippen LogP contribution is -2.40. The van der Waals surface area contributed by atoms with E-state index in [9.17, 15) is 0 Å². The molecule has 0 aromatic rings. The highest BCUT2D eigenvalue weighted by Gasteiger charge is 1.94. The van der Waals surface area contributed by atoms with E-state index in [-0.39, 0.29) is 6.17 Å². The third kappa shape index (κ3) is 7.48. The molecule has 0 aliphatic heterocycles. The molecule has 70 valence electrons. The minimum absolute atomic E-state index is 0.0998. The van der Waals surface area contributed by atoms with Crippen LogP contribution >= 0.6 is 0 Å². The Labute approximate surface area is 74.1 Å². The predicted octanol–water partition coefficient (Wildman–Crippen LogP) is -0.226. The van der Waals surface area contributed by atoms with E-state index in [0.717, 1.165) is 26.1 Å². The van der Waals surface area contributed by atoms with Gasteiger partial charge in [-0.25, -0.2) is 0 Å². The molecule has 0 aliphatic rings. The van der Waals surface area contributed by atoms with Crippen LogP contribution in [0.25, 0.3) is 0 Å². The van der Waals surface area contributed by atoms with Gasteiger partial charge >= 0.3 is 0 Å². The summed E-state index contributed by atoms with van der Waals surface area (Å²) in [6, 6.07) is 2.07. The maximum Gasteiger partial charge on any atom is 0.0635 e. The normalized spacial score (nSPS) is 12.4. The summed E-state index contributed by atoms with van der Waals surface area (Å²) in [5.74, 6) is 0. The molecule has 0 saturated heterocycles. The summed E-state index contributed by atoms with van der Waals surface area (Å²) in [6.07, 6.45) is 1.61. The van der Waals surface area contributed by atoms with E-state index in [1.165, 1.54) is 0 Å². The second-order valence-electron chi connectivity index (χ2n) is 2.63. The van der Waals surface area contributed by atoms with Crippen molar-refractivity contribution < 1.29 is 0 Å². The molecule has 0 spiro atoms. The lowest BCUT2D eigenvalue weighted by atomic mass is 10.4. The summed E-state index contributed by atoms with van der Waals surface area (Å²) in [7, 11) is 0. The average molecular weight is 170 g/mol. The molecule has 0 aromatic carbocycles. The molecule has 0 aromatic heterocycles. The van der Waals surface area contributed by atoms with Gasteiger partial charge in [0.15, 0.2) is 0 Å². The standard InChI is InChI=1S/C8H18N4/c1-2-8(10)12-7-6-11-5-3-4-9/h8,11-12H,2-3,5-7,10H2,1H3. The molecule has 4 heteroatoms. The number of nitrogens with two attached hydrogens (primary N) is 1. The van der Waals surface area contributed by atoms with E-state index in [4.69, 9.17) is 11.0 Å². The summed E-state index contributed by atoms with van der Waals surface area (Å²) in [6.45, 7) is 4.54. The molecular weight excluding hydrogens is 152 g/mol. The van der Waals surface area contributed by atoms with Gasteiger partial charge < -0.3 is 16.4 Å². The molecule has 0 radical (unpaired) electrons. The Morgan fingerprint density at radius 2 is 2.17 bits per heavy atom.